The molecule has 0 spiro atoms. The number of aromatic nitrogens is 1. The van der Waals surface area contributed by atoms with Gasteiger partial charge in [-0.3, -0.25) is 4.79 Å². The van der Waals surface area contributed by atoms with Gasteiger partial charge in [0.05, 0.1) is 6.61 Å². The second-order valence-corrected chi connectivity index (χ2v) is 5.52. The normalized spacial score (nSPS) is 11.2. The highest BCUT2D eigenvalue weighted by Crippen LogP contribution is 2.27. The Morgan fingerprint density at radius 1 is 1.40 bits per heavy atom. The number of nitrogens with one attached hydrogen (secondary N) is 1. The zero-order valence-corrected chi connectivity index (χ0v) is 12.8. The Balaban J connectivity index is 2.28. The van der Waals surface area contributed by atoms with Gasteiger partial charge in [0.2, 0.25) is 0 Å². The molecule has 1 aromatic carbocycles. The highest BCUT2D eigenvalue weighted by molar-refractivity contribution is 6.32. The van der Waals surface area contributed by atoms with Crippen molar-refractivity contribution < 1.29 is 9.53 Å². The van der Waals surface area contributed by atoms with Crippen molar-refractivity contribution in [1.82, 2.24) is 9.88 Å². The topological polar surface area (TPSA) is 45.3 Å². The van der Waals surface area contributed by atoms with E-state index < -0.39 is 0 Å². The van der Waals surface area contributed by atoms with Crippen LogP contribution >= 0.6 is 11.6 Å². The number of carbonyl (C=O) groups is 1. The highest BCUT2D eigenvalue weighted by Gasteiger charge is 2.10. The van der Waals surface area contributed by atoms with Crippen molar-refractivity contribution in [2.45, 2.75) is 19.9 Å². The molecule has 0 aliphatic carbocycles. The fraction of sp³-hybridized carbons (Fsp3) is 0.400. The van der Waals surface area contributed by atoms with Crippen LogP contribution in [-0.4, -0.2) is 36.6 Å². The van der Waals surface area contributed by atoms with Crippen LogP contribution in [0.4, 0.5) is 0 Å². The summed E-state index contributed by atoms with van der Waals surface area (Å²) in [4.78, 5) is 16.3. The molecule has 0 atom stereocenters. The maximum absolute atomic E-state index is 10.8. The number of aromatic amines is 1. The third-order valence-electron chi connectivity index (χ3n) is 3.06. The molecule has 1 aromatic heterocycles. The summed E-state index contributed by atoms with van der Waals surface area (Å²) in [5.74, 6) is -0.268. The van der Waals surface area contributed by atoms with Crippen LogP contribution in [-0.2, 0) is 22.5 Å². The Kier molecular flexibility index (Phi) is 4.68. The standard InChI is InChI=1S/C15H19ClN2O2/c1-10(19)20-7-6-12-13-8-11(9-18(2)3)17-15(13)5-4-14(12)16/h4-5,8,17H,6-7,9H2,1-3H3. The maximum Gasteiger partial charge on any atom is 0.302 e. The van der Waals surface area contributed by atoms with Gasteiger partial charge in [-0.05, 0) is 37.9 Å². The first-order chi connectivity index (χ1) is 9.47. The van der Waals surface area contributed by atoms with Crippen molar-refractivity contribution in [3.05, 3.63) is 34.5 Å². The molecule has 108 valence electrons. The van der Waals surface area contributed by atoms with Gasteiger partial charge in [-0.15, -0.1) is 0 Å². The van der Waals surface area contributed by atoms with Crippen LogP contribution in [0.1, 0.15) is 18.2 Å². The largest absolute Gasteiger partial charge is 0.466 e. The summed E-state index contributed by atoms with van der Waals surface area (Å²) in [5, 5.41) is 1.81. The number of hydrogen-bond acceptors (Lipinski definition) is 3. The summed E-state index contributed by atoms with van der Waals surface area (Å²) in [5.41, 5.74) is 3.22. The van der Waals surface area contributed by atoms with E-state index in [0.29, 0.717) is 18.1 Å². The second kappa shape index (κ2) is 6.29. The number of ether oxygens (including phenoxy) is 1. The average molecular weight is 295 g/mol. The first-order valence-electron chi connectivity index (χ1n) is 6.54. The van der Waals surface area contributed by atoms with Gasteiger partial charge in [0, 0.05) is 41.5 Å². The number of esters is 1. The van der Waals surface area contributed by atoms with Crippen molar-refractivity contribution in [3.8, 4) is 0 Å². The molecule has 0 amide bonds. The molecule has 0 fully saturated rings. The van der Waals surface area contributed by atoms with Crippen LogP contribution in [0.5, 0.6) is 0 Å². The molecule has 0 aliphatic rings. The number of rotatable bonds is 5. The van der Waals surface area contributed by atoms with E-state index in [-0.39, 0.29) is 5.97 Å². The van der Waals surface area contributed by atoms with Crippen LogP contribution in [0.3, 0.4) is 0 Å². The minimum atomic E-state index is -0.268. The third-order valence-corrected chi connectivity index (χ3v) is 3.41. The summed E-state index contributed by atoms with van der Waals surface area (Å²) >= 11 is 6.27. The first kappa shape index (κ1) is 14.9. The maximum atomic E-state index is 10.8. The van der Waals surface area contributed by atoms with Crippen LogP contribution in [0, 0.1) is 0 Å². The van der Waals surface area contributed by atoms with Gasteiger partial charge in [-0.2, -0.15) is 0 Å². The summed E-state index contributed by atoms with van der Waals surface area (Å²) in [6.45, 7) is 2.60. The lowest BCUT2D eigenvalue weighted by Crippen LogP contribution is -2.10. The molecule has 1 N–H and O–H groups in total. The fourth-order valence-electron chi connectivity index (χ4n) is 2.27. The number of carbonyl (C=O) groups excluding carboxylic acids is 1. The minimum absolute atomic E-state index is 0.268. The SMILES string of the molecule is CC(=O)OCCc1c(Cl)ccc2[nH]c(CN(C)C)cc12. The monoisotopic (exact) mass is 294 g/mol. The molecule has 0 saturated carbocycles. The molecule has 1 heterocycles. The van der Waals surface area contributed by atoms with Gasteiger partial charge in [0.25, 0.3) is 0 Å². The molecular weight excluding hydrogens is 276 g/mol. The lowest BCUT2D eigenvalue weighted by Gasteiger charge is -2.06. The van der Waals surface area contributed by atoms with Gasteiger partial charge >= 0.3 is 5.97 Å². The fourth-order valence-corrected chi connectivity index (χ4v) is 2.53. The summed E-state index contributed by atoms with van der Waals surface area (Å²) in [7, 11) is 4.06. The van der Waals surface area contributed by atoms with E-state index in [9.17, 15) is 4.79 Å². The number of fused-ring (bicyclic) bond motifs is 1. The summed E-state index contributed by atoms with van der Waals surface area (Å²) in [6, 6.07) is 5.97. The average Bonchev–Trinajstić information content (AvgIpc) is 2.73. The van der Waals surface area contributed by atoms with Gasteiger partial charge in [0.1, 0.15) is 0 Å². The molecule has 0 unspecified atom stereocenters. The number of H-pyrrole nitrogens is 1. The molecule has 5 heteroatoms. The molecular formula is C15H19ClN2O2. The Bertz CT molecular complexity index is 620. The van der Waals surface area contributed by atoms with Crippen molar-refractivity contribution >= 4 is 28.5 Å². The van der Waals surface area contributed by atoms with Crippen molar-refractivity contribution in [3.63, 3.8) is 0 Å². The summed E-state index contributed by atoms with van der Waals surface area (Å²) in [6.07, 6.45) is 0.620. The van der Waals surface area contributed by atoms with Crippen molar-refractivity contribution in [1.29, 1.82) is 0 Å². The zero-order valence-electron chi connectivity index (χ0n) is 12.0. The number of hydrogen-bond donors (Lipinski definition) is 1. The van der Waals surface area contributed by atoms with E-state index in [1.165, 1.54) is 6.92 Å². The predicted molar refractivity (Wildman–Crippen MR) is 81.0 cm³/mol. The zero-order chi connectivity index (χ0) is 14.7. The van der Waals surface area contributed by atoms with E-state index in [2.05, 4.69) is 16.0 Å². The highest BCUT2D eigenvalue weighted by atomic mass is 35.5. The second-order valence-electron chi connectivity index (χ2n) is 5.11. The Labute approximate surface area is 123 Å². The van der Waals surface area contributed by atoms with E-state index in [0.717, 1.165) is 28.7 Å². The Morgan fingerprint density at radius 2 is 2.15 bits per heavy atom. The van der Waals surface area contributed by atoms with Crippen molar-refractivity contribution in [2.24, 2.45) is 0 Å². The Morgan fingerprint density at radius 3 is 2.80 bits per heavy atom. The quantitative estimate of drug-likeness (QED) is 0.862. The third kappa shape index (κ3) is 3.52. The number of halogens is 1. The smallest absolute Gasteiger partial charge is 0.302 e. The van der Waals surface area contributed by atoms with E-state index in [1.807, 2.05) is 26.2 Å². The van der Waals surface area contributed by atoms with Gasteiger partial charge in [-0.1, -0.05) is 11.6 Å². The summed E-state index contributed by atoms with van der Waals surface area (Å²) < 4.78 is 5.01. The molecule has 0 saturated heterocycles. The van der Waals surface area contributed by atoms with Crippen LogP contribution in [0.15, 0.2) is 18.2 Å². The lowest BCUT2D eigenvalue weighted by molar-refractivity contribution is -0.140. The lowest BCUT2D eigenvalue weighted by atomic mass is 10.1. The van der Waals surface area contributed by atoms with Crippen molar-refractivity contribution in [2.75, 3.05) is 20.7 Å². The van der Waals surface area contributed by atoms with Gasteiger partial charge < -0.3 is 14.6 Å². The van der Waals surface area contributed by atoms with Crippen LogP contribution in [0.25, 0.3) is 10.9 Å². The molecule has 0 bridgehead atoms. The molecule has 20 heavy (non-hydrogen) atoms. The van der Waals surface area contributed by atoms with Crippen LogP contribution in [0.2, 0.25) is 5.02 Å². The molecule has 0 radical (unpaired) electrons. The molecule has 2 aromatic rings. The molecule has 4 nitrogen and oxygen atoms in total. The van der Waals surface area contributed by atoms with E-state index in [1.54, 1.807) is 0 Å². The number of benzene rings is 1. The molecule has 2 rings (SSSR count). The van der Waals surface area contributed by atoms with Gasteiger partial charge in [0.15, 0.2) is 0 Å². The predicted octanol–water partition coefficient (Wildman–Crippen LogP) is 2.99. The first-order valence-corrected chi connectivity index (χ1v) is 6.92. The Hall–Kier alpha value is -1.52. The minimum Gasteiger partial charge on any atom is -0.466 e. The van der Waals surface area contributed by atoms with E-state index in [4.69, 9.17) is 16.3 Å². The number of nitrogens with zero attached hydrogens (tertiary/aromatic N) is 1. The van der Waals surface area contributed by atoms with Crippen LogP contribution < -0.4 is 0 Å². The van der Waals surface area contributed by atoms with Gasteiger partial charge in [-0.25, -0.2) is 0 Å². The molecule has 0 aliphatic heterocycles. The van der Waals surface area contributed by atoms with E-state index >= 15 is 0 Å².